The summed E-state index contributed by atoms with van der Waals surface area (Å²) in [6.07, 6.45) is 8.02. The zero-order chi connectivity index (χ0) is 11.7. The molecule has 2 atom stereocenters. The van der Waals surface area contributed by atoms with E-state index in [4.69, 9.17) is 0 Å². The fourth-order valence-electron chi connectivity index (χ4n) is 3.06. The van der Waals surface area contributed by atoms with E-state index in [0.29, 0.717) is 17.9 Å². The Morgan fingerprint density at radius 1 is 1.35 bits per heavy atom. The summed E-state index contributed by atoms with van der Waals surface area (Å²) in [4.78, 5) is 20.9. The number of nitrogens with zero attached hydrogens (tertiary/aromatic N) is 2. The van der Waals surface area contributed by atoms with Crippen molar-refractivity contribution in [2.24, 2.45) is 0 Å². The topological polar surface area (TPSA) is 61.0 Å². The molecule has 2 unspecified atom stereocenters. The Morgan fingerprint density at radius 2 is 2.29 bits per heavy atom. The first-order valence-corrected chi connectivity index (χ1v) is 6.40. The maximum atomic E-state index is 11.8. The van der Waals surface area contributed by atoms with Gasteiger partial charge in [-0.15, -0.1) is 0 Å². The van der Waals surface area contributed by atoms with E-state index >= 15 is 0 Å². The molecule has 3 rings (SSSR count). The predicted octanol–water partition coefficient (Wildman–Crippen LogP) is 0.491. The van der Waals surface area contributed by atoms with E-state index in [9.17, 15) is 4.79 Å². The van der Waals surface area contributed by atoms with E-state index in [2.05, 4.69) is 20.2 Å². The summed E-state index contributed by atoms with van der Waals surface area (Å²) in [6.45, 7) is 2.05. The average Bonchev–Trinajstić information content (AvgIpc) is 3.00. The minimum atomic E-state index is -0.0719. The third-order valence-corrected chi connectivity index (χ3v) is 3.82. The molecule has 1 aromatic rings. The van der Waals surface area contributed by atoms with Crippen molar-refractivity contribution >= 4 is 5.82 Å². The van der Waals surface area contributed by atoms with Gasteiger partial charge in [0, 0.05) is 31.0 Å². The molecule has 2 fully saturated rings. The molecule has 3 heterocycles. The summed E-state index contributed by atoms with van der Waals surface area (Å²) >= 11 is 0. The van der Waals surface area contributed by atoms with E-state index in [-0.39, 0.29) is 5.56 Å². The molecule has 92 valence electrons. The minimum absolute atomic E-state index is 0.0719. The lowest BCUT2D eigenvalue weighted by molar-refractivity contribution is 0.480. The van der Waals surface area contributed by atoms with E-state index in [1.165, 1.54) is 12.8 Å². The molecule has 2 N–H and O–H groups in total. The van der Waals surface area contributed by atoms with Gasteiger partial charge in [0.05, 0.1) is 0 Å². The van der Waals surface area contributed by atoms with Crippen LogP contribution in [-0.4, -0.2) is 35.1 Å². The van der Waals surface area contributed by atoms with Gasteiger partial charge in [-0.1, -0.05) is 0 Å². The first-order chi connectivity index (χ1) is 8.36. The van der Waals surface area contributed by atoms with Gasteiger partial charge in [0.2, 0.25) is 0 Å². The molecule has 0 aromatic carbocycles. The summed E-state index contributed by atoms with van der Waals surface area (Å²) in [5, 5.41) is 3.54. The van der Waals surface area contributed by atoms with Crippen LogP contribution in [0.5, 0.6) is 0 Å². The normalized spacial score (nSPS) is 28.8. The van der Waals surface area contributed by atoms with Crippen molar-refractivity contribution in [1.82, 2.24) is 15.3 Å². The van der Waals surface area contributed by atoms with Crippen LogP contribution in [0.25, 0.3) is 0 Å². The maximum Gasteiger partial charge on any atom is 0.290 e. The van der Waals surface area contributed by atoms with Gasteiger partial charge in [0.1, 0.15) is 0 Å². The SMILES string of the molecule is O=c1[nH]ccnc1N1CCCC1C1CCCN1. The minimum Gasteiger partial charge on any atom is -0.347 e. The zero-order valence-corrected chi connectivity index (χ0v) is 9.85. The number of hydrogen-bond donors (Lipinski definition) is 2. The number of anilines is 1. The molecule has 0 bridgehead atoms. The maximum absolute atomic E-state index is 11.8. The Balaban J connectivity index is 1.86. The van der Waals surface area contributed by atoms with Crippen molar-refractivity contribution < 1.29 is 0 Å². The average molecular weight is 234 g/mol. The molecule has 5 heteroatoms. The van der Waals surface area contributed by atoms with Gasteiger partial charge >= 0.3 is 0 Å². The highest BCUT2D eigenvalue weighted by molar-refractivity contribution is 5.39. The van der Waals surface area contributed by atoms with Gasteiger partial charge in [0.15, 0.2) is 5.82 Å². The Morgan fingerprint density at radius 3 is 3.06 bits per heavy atom. The molecule has 1 aromatic heterocycles. The second kappa shape index (κ2) is 4.49. The molecular weight excluding hydrogens is 216 g/mol. The molecule has 2 aliphatic rings. The number of aromatic nitrogens is 2. The summed E-state index contributed by atoms with van der Waals surface area (Å²) in [7, 11) is 0. The van der Waals surface area contributed by atoms with E-state index in [1.807, 2.05) is 0 Å². The third-order valence-electron chi connectivity index (χ3n) is 3.82. The van der Waals surface area contributed by atoms with Crippen LogP contribution in [0.2, 0.25) is 0 Å². The zero-order valence-electron chi connectivity index (χ0n) is 9.85. The summed E-state index contributed by atoms with van der Waals surface area (Å²) in [5.41, 5.74) is -0.0719. The second-order valence-electron chi connectivity index (χ2n) is 4.85. The van der Waals surface area contributed by atoms with Crippen molar-refractivity contribution in [3.63, 3.8) is 0 Å². The van der Waals surface area contributed by atoms with Crippen LogP contribution in [0, 0.1) is 0 Å². The molecular formula is C12H18N4O. The number of nitrogens with one attached hydrogen (secondary N) is 2. The van der Waals surface area contributed by atoms with Crippen LogP contribution in [0.3, 0.4) is 0 Å². The molecule has 0 radical (unpaired) electrons. The van der Waals surface area contributed by atoms with Crippen molar-refractivity contribution in [3.8, 4) is 0 Å². The fourth-order valence-corrected chi connectivity index (χ4v) is 3.06. The van der Waals surface area contributed by atoms with Gasteiger partial charge in [-0.25, -0.2) is 4.98 Å². The van der Waals surface area contributed by atoms with Gasteiger partial charge in [-0.3, -0.25) is 4.79 Å². The summed E-state index contributed by atoms with van der Waals surface area (Å²) in [5.74, 6) is 0.587. The molecule has 5 nitrogen and oxygen atoms in total. The summed E-state index contributed by atoms with van der Waals surface area (Å²) in [6, 6.07) is 0.965. The molecule has 0 amide bonds. The molecule has 0 spiro atoms. The lowest BCUT2D eigenvalue weighted by Gasteiger charge is -2.29. The largest absolute Gasteiger partial charge is 0.347 e. The molecule has 2 aliphatic heterocycles. The van der Waals surface area contributed by atoms with Crippen molar-refractivity contribution in [2.45, 2.75) is 37.8 Å². The van der Waals surface area contributed by atoms with Crippen LogP contribution in [0.4, 0.5) is 5.82 Å². The number of H-pyrrole nitrogens is 1. The highest BCUT2D eigenvalue weighted by Gasteiger charge is 2.34. The smallest absolute Gasteiger partial charge is 0.290 e. The Bertz CT molecular complexity index is 438. The highest BCUT2D eigenvalue weighted by atomic mass is 16.1. The van der Waals surface area contributed by atoms with Gasteiger partial charge in [-0.2, -0.15) is 0 Å². The van der Waals surface area contributed by atoms with Crippen LogP contribution in [0.15, 0.2) is 17.2 Å². The van der Waals surface area contributed by atoms with E-state index in [1.54, 1.807) is 12.4 Å². The van der Waals surface area contributed by atoms with Crippen molar-refractivity contribution in [2.75, 3.05) is 18.0 Å². The van der Waals surface area contributed by atoms with Crippen LogP contribution in [-0.2, 0) is 0 Å². The standard InChI is InChI=1S/C12H18N4O/c17-12-11(14-6-7-15-12)16-8-2-4-10(16)9-3-1-5-13-9/h6-7,9-10,13H,1-5,8H2,(H,15,17). The van der Waals surface area contributed by atoms with Crippen molar-refractivity contribution in [3.05, 3.63) is 22.7 Å². The van der Waals surface area contributed by atoms with Crippen LogP contribution >= 0.6 is 0 Å². The number of aromatic amines is 1. The highest BCUT2D eigenvalue weighted by Crippen LogP contribution is 2.26. The first-order valence-electron chi connectivity index (χ1n) is 6.40. The molecule has 2 saturated heterocycles. The first kappa shape index (κ1) is 10.8. The quantitative estimate of drug-likeness (QED) is 0.782. The Hall–Kier alpha value is -1.36. The van der Waals surface area contributed by atoms with Crippen LogP contribution in [0.1, 0.15) is 25.7 Å². The predicted molar refractivity (Wildman–Crippen MR) is 66.3 cm³/mol. The third kappa shape index (κ3) is 1.95. The van der Waals surface area contributed by atoms with Gasteiger partial charge in [-0.05, 0) is 32.2 Å². The Kier molecular flexibility index (Phi) is 2.84. The van der Waals surface area contributed by atoms with Gasteiger partial charge in [0.25, 0.3) is 5.56 Å². The Labute approximate surface area is 100 Å². The van der Waals surface area contributed by atoms with E-state index < -0.39 is 0 Å². The van der Waals surface area contributed by atoms with Gasteiger partial charge < -0.3 is 15.2 Å². The molecule has 17 heavy (non-hydrogen) atoms. The monoisotopic (exact) mass is 234 g/mol. The fraction of sp³-hybridized carbons (Fsp3) is 0.667. The van der Waals surface area contributed by atoms with E-state index in [0.717, 1.165) is 25.9 Å². The second-order valence-corrected chi connectivity index (χ2v) is 4.85. The number of rotatable bonds is 2. The molecule has 0 saturated carbocycles. The number of hydrogen-bond acceptors (Lipinski definition) is 4. The van der Waals surface area contributed by atoms with Crippen LogP contribution < -0.4 is 15.8 Å². The lowest BCUT2D eigenvalue weighted by atomic mass is 10.0. The lowest BCUT2D eigenvalue weighted by Crippen LogP contribution is -2.46. The van der Waals surface area contributed by atoms with Crippen molar-refractivity contribution in [1.29, 1.82) is 0 Å². The molecule has 0 aliphatic carbocycles. The summed E-state index contributed by atoms with van der Waals surface area (Å²) < 4.78 is 0.